The van der Waals surface area contributed by atoms with Gasteiger partial charge in [0.05, 0.1) is 11.1 Å². The van der Waals surface area contributed by atoms with E-state index in [2.05, 4.69) is 32.9 Å². The zero-order valence-electron chi connectivity index (χ0n) is 12.0. The number of carbonyl (C=O) groups excluding carboxylic acids is 1. The molecule has 0 bridgehead atoms. The van der Waals surface area contributed by atoms with Gasteiger partial charge in [0.1, 0.15) is 5.65 Å². The highest BCUT2D eigenvalue weighted by Crippen LogP contribution is 2.15. The Labute approximate surface area is 146 Å². The number of carbonyl (C=O) groups is 1. The summed E-state index contributed by atoms with van der Waals surface area (Å²) in [6.07, 6.45) is 4.75. The third-order valence-electron chi connectivity index (χ3n) is 3.20. The Morgan fingerprint density at radius 2 is 1.83 bits per heavy atom. The highest BCUT2D eigenvalue weighted by molar-refractivity contribution is 14.1. The van der Waals surface area contributed by atoms with Crippen molar-refractivity contribution >= 4 is 49.8 Å². The second kappa shape index (κ2) is 5.93. The van der Waals surface area contributed by atoms with Gasteiger partial charge in [-0.05, 0) is 59.0 Å². The molecule has 0 spiro atoms. The molecule has 2 aromatic heterocycles. The molecule has 0 saturated heterocycles. The fraction of sp³-hybridized carbons (Fsp3) is 0.0667. The van der Waals surface area contributed by atoms with Crippen LogP contribution >= 0.6 is 22.6 Å². The molecule has 0 unspecified atom stereocenters. The fourth-order valence-electron chi connectivity index (χ4n) is 2.07. The second-order valence-corrected chi connectivity index (χ2v) is 8.25. The van der Waals surface area contributed by atoms with Gasteiger partial charge in [-0.15, -0.1) is 0 Å². The summed E-state index contributed by atoms with van der Waals surface area (Å²) in [6.45, 7) is 0. The highest BCUT2D eigenvalue weighted by Gasteiger charge is 2.11. The maximum absolute atomic E-state index is 12.2. The number of nitrogens with zero attached hydrogens (tertiary/aromatic N) is 2. The van der Waals surface area contributed by atoms with E-state index in [1.165, 1.54) is 24.3 Å². The van der Waals surface area contributed by atoms with Crippen LogP contribution in [0, 0.1) is 3.57 Å². The molecule has 0 fully saturated rings. The van der Waals surface area contributed by atoms with Crippen molar-refractivity contribution in [3.8, 4) is 0 Å². The van der Waals surface area contributed by atoms with Crippen molar-refractivity contribution in [1.82, 2.24) is 9.38 Å². The van der Waals surface area contributed by atoms with Gasteiger partial charge in [-0.3, -0.25) is 4.79 Å². The van der Waals surface area contributed by atoms with E-state index in [0.717, 1.165) is 15.5 Å². The van der Waals surface area contributed by atoms with E-state index in [-0.39, 0.29) is 10.8 Å². The van der Waals surface area contributed by atoms with Crippen LogP contribution in [0.3, 0.4) is 0 Å². The smallest absolute Gasteiger partial charge is 0.256 e. The fourth-order valence-corrected chi connectivity index (χ4v) is 3.18. The van der Waals surface area contributed by atoms with Crippen LogP contribution in [0.2, 0.25) is 0 Å². The van der Waals surface area contributed by atoms with E-state index in [1.807, 2.05) is 22.7 Å². The number of sulfone groups is 1. The average Bonchev–Trinajstić information content (AvgIpc) is 2.87. The summed E-state index contributed by atoms with van der Waals surface area (Å²) in [6, 6.07) is 9.57. The molecule has 3 rings (SSSR count). The molecule has 1 N–H and O–H groups in total. The summed E-state index contributed by atoms with van der Waals surface area (Å²) in [4.78, 5) is 16.7. The number of aromatic nitrogens is 2. The number of pyridine rings is 1. The van der Waals surface area contributed by atoms with Crippen LogP contribution in [-0.4, -0.2) is 30.0 Å². The number of hydrogen-bond donors (Lipinski definition) is 1. The first-order chi connectivity index (χ1) is 10.8. The van der Waals surface area contributed by atoms with Crippen molar-refractivity contribution in [3.05, 3.63) is 57.9 Å². The number of halogens is 1. The van der Waals surface area contributed by atoms with Crippen LogP contribution < -0.4 is 5.32 Å². The first-order valence-electron chi connectivity index (χ1n) is 6.59. The van der Waals surface area contributed by atoms with E-state index >= 15 is 0 Å². The molecule has 0 atom stereocenters. The average molecular weight is 441 g/mol. The molecule has 6 nitrogen and oxygen atoms in total. The number of imidazole rings is 1. The molecule has 0 aliphatic heterocycles. The Morgan fingerprint density at radius 1 is 1.13 bits per heavy atom. The van der Waals surface area contributed by atoms with Gasteiger partial charge in [0, 0.05) is 21.6 Å². The van der Waals surface area contributed by atoms with Crippen LogP contribution in [-0.2, 0) is 9.84 Å². The highest BCUT2D eigenvalue weighted by atomic mass is 127. The molecule has 0 aliphatic rings. The van der Waals surface area contributed by atoms with Crippen molar-refractivity contribution in [1.29, 1.82) is 0 Å². The van der Waals surface area contributed by atoms with Crippen molar-refractivity contribution in [3.63, 3.8) is 0 Å². The summed E-state index contributed by atoms with van der Waals surface area (Å²) in [5.74, 6) is 0.0901. The van der Waals surface area contributed by atoms with Gasteiger partial charge in [-0.25, -0.2) is 13.4 Å². The minimum atomic E-state index is -3.27. The Bertz CT molecular complexity index is 994. The second-order valence-electron chi connectivity index (χ2n) is 4.99. The summed E-state index contributed by atoms with van der Waals surface area (Å²) in [5, 5.41) is 2.70. The topological polar surface area (TPSA) is 80.5 Å². The number of anilines is 1. The van der Waals surface area contributed by atoms with Crippen LogP contribution in [0.15, 0.2) is 53.7 Å². The Morgan fingerprint density at radius 3 is 2.48 bits per heavy atom. The van der Waals surface area contributed by atoms with Gasteiger partial charge < -0.3 is 9.72 Å². The summed E-state index contributed by atoms with van der Waals surface area (Å²) >= 11 is 2.20. The van der Waals surface area contributed by atoms with E-state index in [4.69, 9.17) is 0 Å². The minimum absolute atomic E-state index is 0.177. The summed E-state index contributed by atoms with van der Waals surface area (Å²) in [7, 11) is -3.27. The maximum Gasteiger partial charge on any atom is 0.256 e. The monoisotopic (exact) mass is 441 g/mol. The zero-order chi connectivity index (χ0) is 16.6. The predicted octanol–water partition coefficient (Wildman–Crippen LogP) is 2.59. The van der Waals surface area contributed by atoms with Crippen molar-refractivity contribution < 1.29 is 13.2 Å². The molecule has 118 valence electrons. The number of hydrogen-bond acceptors (Lipinski definition) is 4. The van der Waals surface area contributed by atoms with Crippen LogP contribution in [0.4, 0.5) is 5.82 Å². The Kier molecular flexibility index (Phi) is 4.11. The number of fused-ring (bicyclic) bond motifs is 1. The molecule has 2 heterocycles. The predicted molar refractivity (Wildman–Crippen MR) is 95.4 cm³/mol. The normalized spacial score (nSPS) is 11.6. The number of amides is 1. The van der Waals surface area contributed by atoms with E-state index in [9.17, 15) is 13.2 Å². The lowest BCUT2D eigenvalue weighted by atomic mass is 10.2. The van der Waals surface area contributed by atoms with Gasteiger partial charge in [-0.1, -0.05) is 0 Å². The molecular weight excluding hydrogens is 429 g/mol. The first kappa shape index (κ1) is 15.9. The molecule has 23 heavy (non-hydrogen) atoms. The Balaban J connectivity index is 1.82. The molecule has 0 radical (unpaired) electrons. The lowest BCUT2D eigenvalue weighted by Crippen LogP contribution is -2.12. The molecule has 3 aromatic rings. The summed E-state index contributed by atoms with van der Waals surface area (Å²) < 4.78 is 25.7. The van der Waals surface area contributed by atoms with Gasteiger partial charge in [0.15, 0.2) is 15.7 Å². The van der Waals surface area contributed by atoms with E-state index < -0.39 is 9.84 Å². The minimum Gasteiger partial charge on any atom is -0.305 e. The molecule has 0 saturated carbocycles. The summed E-state index contributed by atoms with van der Waals surface area (Å²) in [5.41, 5.74) is 1.09. The maximum atomic E-state index is 12.2. The number of benzene rings is 1. The third kappa shape index (κ3) is 3.53. The molecule has 8 heteroatoms. The third-order valence-corrected chi connectivity index (χ3v) is 4.97. The largest absolute Gasteiger partial charge is 0.305 e. The van der Waals surface area contributed by atoms with Crippen LogP contribution in [0.25, 0.3) is 5.65 Å². The SMILES string of the molecule is CS(=O)(=O)c1ccc(C(=O)Nc2cn3cc(I)ccc3n2)cc1. The van der Waals surface area contributed by atoms with Crippen LogP contribution in [0.1, 0.15) is 10.4 Å². The molecule has 0 aliphatic carbocycles. The lowest BCUT2D eigenvalue weighted by molar-refractivity contribution is 0.102. The quantitative estimate of drug-likeness (QED) is 0.634. The standard InChI is InChI=1S/C15H12IN3O3S/c1-23(21,22)12-5-2-10(3-6-12)15(20)18-13-9-19-8-11(16)4-7-14(19)17-13/h2-9H,1H3,(H,18,20). The first-order valence-corrected chi connectivity index (χ1v) is 9.56. The van der Waals surface area contributed by atoms with Crippen molar-refractivity contribution in [2.24, 2.45) is 0 Å². The van der Waals surface area contributed by atoms with Gasteiger partial charge in [0.2, 0.25) is 0 Å². The Hall–Kier alpha value is -1.94. The molecule has 1 amide bonds. The van der Waals surface area contributed by atoms with Gasteiger partial charge >= 0.3 is 0 Å². The number of rotatable bonds is 3. The van der Waals surface area contributed by atoms with E-state index in [1.54, 1.807) is 6.20 Å². The van der Waals surface area contributed by atoms with Gasteiger partial charge in [-0.2, -0.15) is 0 Å². The molecule has 1 aromatic carbocycles. The van der Waals surface area contributed by atoms with Crippen LogP contribution in [0.5, 0.6) is 0 Å². The van der Waals surface area contributed by atoms with Crippen molar-refractivity contribution in [2.75, 3.05) is 11.6 Å². The van der Waals surface area contributed by atoms with E-state index in [0.29, 0.717) is 11.4 Å². The number of nitrogens with one attached hydrogen (secondary N) is 1. The lowest BCUT2D eigenvalue weighted by Gasteiger charge is -2.03. The van der Waals surface area contributed by atoms with Gasteiger partial charge in [0.25, 0.3) is 5.91 Å². The van der Waals surface area contributed by atoms with Crippen molar-refractivity contribution in [2.45, 2.75) is 4.90 Å². The molecular formula is C15H12IN3O3S. The zero-order valence-corrected chi connectivity index (χ0v) is 15.0.